The van der Waals surface area contributed by atoms with Crippen LogP contribution in [-0.4, -0.2) is 45.3 Å². The fraction of sp³-hybridized carbons (Fsp3) is 0.739. The molecular formula is C23H40O6. The Hall–Kier alpha value is -1.66. The number of rotatable bonds is 16. The molecule has 6 heteroatoms. The third-order valence-electron chi connectivity index (χ3n) is 5.39. The number of aliphatic hydroxyl groups excluding tert-OH is 2. The smallest absolute Gasteiger partial charge is 0.207 e. The van der Waals surface area contributed by atoms with E-state index in [4.69, 9.17) is 24.1 Å². The first kappa shape index (κ1) is 25.4. The molecule has 0 saturated heterocycles. The molecule has 0 radical (unpaired) electrons. The molecule has 6 nitrogen and oxygen atoms in total. The van der Waals surface area contributed by atoms with Crippen LogP contribution in [0.25, 0.3) is 0 Å². The summed E-state index contributed by atoms with van der Waals surface area (Å²) in [6.07, 6.45) is 10.2. The van der Waals surface area contributed by atoms with Crippen LogP contribution in [-0.2, 0) is 0 Å². The minimum Gasteiger partial charge on any atom is -0.492 e. The quantitative estimate of drug-likeness (QED) is 0.374. The molecule has 0 aliphatic rings. The van der Waals surface area contributed by atoms with Crippen molar-refractivity contribution >= 4 is 0 Å². The van der Waals surface area contributed by atoms with Gasteiger partial charge in [0.05, 0.1) is 34.5 Å². The summed E-state index contributed by atoms with van der Waals surface area (Å²) in [4.78, 5) is 0. The standard InChI is InChI=1S/C23H40O6/c1-17-19(21(27-3)23(29-5)22(28-4)20(17)26-2)18(25)15-13-11-9-7-6-8-10-12-14-16-24/h18,24-25H,6-16H2,1-5H3. The van der Waals surface area contributed by atoms with Gasteiger partial charge in [-0.05, 0) is 19.8 Å². The Morgan fingerprint density at radius 2 is 1.03 bits per heavy atom. The zero-order chi connectivity index (χ0) is 21.6. The Bertz CT molecular complexity index is 587. The van der Waals surface area contributed by atoms with Crippen LogP contribution in [0.4, 0.5) is 0 Å². The predicted octanol–water partition coefficient (Wildman–Crippen LogP) is 4.96. The summed E-state index contributed by atoms with van der Waals surface area (Å²) in [5, 5.41) is 19.7. The summed E-state index contributed by atoms with van der Waals surface area (Å²) < 4.78 is 22.0. The van der Waals surface area contributed by atoms with E-state index >= 15 is 0 Å². The molecule has 0 aliphatic carbocycles. The highest BCUT2D eigenvalue weighted by Gasteiger charge is 2.28. The summed E-state index contributed by atoms with van der Waals surface area (Å²) in [6, 6.07) is 0. The molecular weight excluding hydrogens is 372 g/mol. The highest BCUT2D eigenvalue weighted by Crippen LogP contribution is 2.51. The van der Waals surface area contributed by atoms with Crippen LogP contribution in [0.2, 0.25) is 0 Å². The summed E-state index contributed by atoms with van der Waals surface area (Å²) in [5.41, 5.74) is 1.50. The Morgan fingerprint density at radius 3 is 1.48 bits per heavy atom. The van der Waals surface area contributed by atoms with E-state index in [1.165, 1.54) is 32.1 Å². The van der Waals surface area contributed by atoms with E-state index in [0.717, 1.165) is 31.2 Å². The van der Waals surface area contributed by atoms with Gasteiger partial charge in [-0.1, -0.05) is 51.4 Å². The number of aliphatic hydroxyl groups is 2. The van der Waals surface area contributed by atoms with Crippen LogP contribution in [0.5, 0.6) is 23.0 Å². The SMILES string of the molecule is COc1c(C)c(C(O)CCCCCCCCCCCO)c(OC)c(OC)c1OC. The molecule has 1 aromatic carbocycles. The fourth-order valence-corrected chi connectivity index (χ4v) is 3.84. The third-order valence-corrected chi connectivity index (χ3v) is 5.39. The van der Waals surface area contributed by atoms with Gasteiger partial charge in [0, 0.05) is 17.7 Å². The molecule has 0 bridgehead atoms. The Balaban J connectivity index is 2.64. The van der Waals surface area contributed by atoms with Gasteiger partial charge in [-0.15, -0.1) is 0 Å². The first-order valence-corrected chi connectivity index (χ1v) is 10.7. The highest BCUT2D eigenvalue weighted by molar-refractivity contribution is 5.67. The Kier molecular flexibility index (Phi) is 12.6. The van der Waals surface area contributed by atoms with Gasteiger partial charge in [0.25, 0.3) is 0 Å². The van der Waals surface area contributed by atoms with E-state index in [1.54, 1.807) is 28.4 Å². The minimum atomic E-state index is -0.655. The van der Waals surface area contributed by atoms with Crippen molar-refractivity contribution in [2.24, 2.45) is 0 Å². The number of unbranched alkanes of at least 4 members (excludes halogenated alkanes) is 8. The van der Waals surface area contributed by atoms with Crippen LogP contribution >= 0.6 is 0 Å². The van der Waals surface area contributed by atoms with E-state index < -0.39 is 6.10 Å². The average molecular weight is 413 g/mol. The van der Waals surface area contributed by atoms with Gasteiger partial charge in [0.1, 0.15) is 0 Å². The maximum atomic E-state index is 10.9. The number of hydrogen-bond acceptors (Lipinski definition) is 6. The van der Waals surface area contributed by atoms with Crippen LogP contribution in [0, 0.1) is 6.92 Å². The van der Waals surface area contributed by atoms with E-state index in [2.05, 4.69) is 0 Å². The summed E-state index contributed by atoms with van der Waals surface area (Å²) in [6.45, 7) is 2.21. The molecule has 168 valence electrons. The summed E-state index contributed by atoms with van der Waals surface area (Å²) in [5.74, 6) is 1.96. The van der Waals surface area contributed by atoms with Crippen molar-refractivity contribution in [2.45, 2.75) is 77.2 Å². The lowest BCUT2D eigenvalue weighted by Gasteiger charge is -2.24. The molecule has 1 aromatic rings. The first-order chi connectivity index (χ1) is 14.1. The van der Waals surface area contributed by atoms with Gasteiger partial charge in [0.2, 0.25) is 11.5 Å². The molecule has 0 saturated carbocycles. The van der Waals surface area contributed by atoms with Crippen molar-refractivity contribution in [3.63, 3.8) is 0 Å². The Labute approximate surface area is 176 Å². The zero-order valence-electron chi connectivity index (χ0n) is 18.9. The lowest BCUT2D eigenvalue weighted by Crippen LogP contribution is -2.08. The number of benzene rings is 1. The van der Waals surface area contributed by atoms with Gasteiger partial charge in [-0.25, -0.2) is 0 Å². The van der Waals surface area contributed by atoms with Crippen LogP contribution in [0.15, 0.2) is 0 Å². The van der Waals surface area contributed by atoms with Gasteiger partial charge in [-0.2, -0.15) is 0 Å². The van der Waals surface area contributed by atoms with Crippen LogP contribution in [0.1, 0.15) is 81.4 Å². The van der Waals surface area contributed by atoms with Crippen molar-refractivity contribution in [3.05, 3.63) is 11.1 Å². The topological polar surface area (TPSA) is 77.4 Å². The molecule has 0 heterocycles. The summed E-state index contributed by atoms with van der Waals surface area (Å²) >= 11 is 0. The molecule has 0 aromatic heterocycles. The molecule has 29 heavy (non-hydrogen) atoms. The van der Waals surface area contributed by atoms with Gasteiger partial charge in [-0.3, -0.25) is 0 Å². The lowest BCUT2D eigenvalue weighted by molar-refractivity contribution is 0.156. The second-order valence-electron chi connectivity index (χ2n) is 7.38. The average Bonchev–Trinajstić information content (AvgIpc) is 2.73. The Morgan fingerprint density at radius 1 is 0.621 bits per heavy atom. The number of ether oxygens (including phenoxy) is 4. The molecule has 0 amide bonds. The zero-order valence-corrected chi connectivity index (χ0v) is 18.9. The van der Waals surface area contributed by atoms with Crippen molar-refractivity contribution in [3.8, 4) is 23.0 Å². The van der Waals surface area contributed by atoms with Gasteiger partial charge in [0.15, 0.2) is 11.5 Å². The first-order valence-electron chi connectivity index (χ1n) is 10.7. The molecule has 0 fully saturated rings. The molecule has 0 spiro atoms. The fourth-order valence-electron chi connectivity index (χ4n) is 3.84. The van der Waals surface area contributed by atoms with E-state index in [0.29, 0.717) is 41.6 Å². The minimum absolute atomic E-state index is 0.304. The second kappa shape index (κ2) is 14.3. The van der Waals surface area contributed by atoms with Crippen LogP contribution < -0.4 is 18.9 Å². The van der Waals surface area contributed by atoms with Gasteiger partial charge >= 0.3 is 0 Å². The molecule has 2 N–H and O–H groups in total. The number of hydrogen-bond donors (Lipinski definition) is 2. The highest BCUT2D eigenvalue weighted by atomic mass is 16.5. The molecule has 1 atom stereocenters. The maximum Gasteiger partial charge on any atom is 0.207 e. The summed E-state index contributed by atoms with van der Waals surface area (Å²) in [7, 11) is 6.26. The maximum absolute atomic E-state index is 10.9. The van der Waals surface area contributed by atoms with E-state index in [1.807, 2.05) is 6.92 Å². The van der Waals surface area contributed by atoms with Crippen molar-refractivity contribution in [2.75, 3.05) is 35.0 Å². The van der Waals surface area contributed by atoms with Crippen molar-refractivity contribution < 1.29 is 29.2 Å². The third kappa shape index (κ3) is 7.27. The molecule has 1 unspecified atom stereocenters. The van der Waals surface area contributed by atoms with Crippen molar-refractivity contribution in [1.82, 2.24) is 0 Å². The molecule has 0 aliphatic heterocycles. The van der Waals surface area contributed by atoms with Crippen LogP contribution in [0.3, 0.4) is 0 Å². The predicted molar refractivity (Wildman–Crippen MR) is 116 cm³/mol. The lowest BCUT2D eigenvalue weighted by atomic mass is 9.95. The monoisotopic (exact) mass is 412 g/mol. The van der Waals surface area contributed by atoms with E-state index in [-0.39, 0.29) is 0 Å². The van der Waals surface area contributed by atoms with E-state index in [9.17, 15) is 5.11 Å². The number of methoxy groups -OCH3 is 4. The largest absolute Gasteiger partial charge is 0.492 e. The van der Waals surface area contributed by atoms with Gasteiger partial charge < -0.3 is 29.2 Å². The second-order valence-corrected chi connectivity index (χ2v) is 7.38. The normalized spacial score (nSPS) is 12.0. The van der Waals surface area contributed by atoms with Crippen molar-refractivity contribution in [1.29, 1.82) is 0 Å². The molecule has 1 rings (SSSR count).